The van der Waals surface area contributed by atoms with Gasteiger partial charge >= 0.3 is 0 Å². The van der Waals surface area contributed by atoms with Crippen molar-refractivity contribution < 1.29 is 0 Å². The third kappa shape index (κ3) is 13.3. The summed E-state index contributed by atoms with van der Waals surface area (Å²) in [6, 6.07) is 109. The first-order chi connectivity index (χ1) is 36.6. The molecule has 13 aromatic carbocycles. The second-order valence-corrected chi connectivity index (χ2v) is 17.8. The van der Waals surface area contributed by atoms with Gasteiger partial charge in [0.15, 0.2) is 0 Å². The minimum Gasteiger partial charge on any atom is -0.356 e. The van der Waals surface area contributed by atoms with Crippen LogP contribution in [0.2, 0.25) is 0 Å². The Morgan fingerprint density at radius 3 is 0.649 bits per heavy atom. The van der Waals surface area contributed by atoms with Crippen LogP contribution in [0.3, 0.4) is 0 Å². The lowest BCUT2D eigenvalue weighted by Gasteiger charge is -2.09. The SMILES string of the molecule is c1ccc(-c2ccc(Nc3ccc4ccccc4c3)cc2)cc1.c1ccc(Nc2ccc3ccccc3c2)cc1.c1ccc(Nc2ccccc2)cc1.c1ccc2cc(Nc3ccc4ccccc4c3)ccc2c1. The Kier molecular flexibility index (Phi) is 15.7. The second kappa shape index (κ2) is 24.3. The summed E-state index contributed by atoms with van der Waals surface area (Å²) in [5.74, 6) is 0. The molecule has 13 rings (SSSR count). The molecule has 0 heterocycles. The van der Waals surface area contributed by atoms with Gasteiger partial charge in [-0.05, 0) is 151 Å². The Morgan fingerprint density at radius 2 is 0.338 bits per heavy atom. The number of hydrogen-bond acceptors (Lipinski definition) is 4. The van der Waals surface area contributed by atoms with E-state index in [4.69, 9.17) is 0 Å². The first-order valence-corrected chi connectivity index (χ1v) is 25.0. The fourth-order valence-electron chi connectivity index (χ4n) is 8.68. The van der Waals surface area contributed by atoms with Gasteiger partial charge in [-0.25, -0.2) is 0 Å². The summed E-state index contributed by atoms with van der Waals surface area (Å²) in [4.78, 5) is 0. The zero-order valence-corrected chi connectivity index (χ0v) is 41.0. The van der Waals surface area contributed by atoms with Crippen LogP contribution in [0.15, 0.2) is 315 Å². The van der Waals surface area contributed by atoms with Crippen LogP contribution in [0.25, 0.3) is 54.2 Å². The molecule has 0 aliphatic rings. The molecule has 0 aliphatic carbocycles. The summed E-state index contributed by atoms with van der Waals surface area (Å²) in [6.45, 7) is 0. The zero-order chi connectivity index (χ0) is 50.0. The number of fused-ring (bicyclic) bond motifs is 4. The van der Waals surface area contributed by atoms with E-state index in [-0.39, 0.29) is 0 Å². The van der Waals surface area contributed by atoms with E-state index in [1.54, 1.807) is 0 Å². The standard InChI is InChI=1S/C22H17N.C20H15N.C16H13N.C12H11N/c1-2-6-17(7-3-1)19-10-13-21(14-11-19)23-22-15-12-18-8-4-5-9-20(18)16-22;1-3-7-17-13-19(11-9-15(17)5-1)21-20-12-10-16-6-2-4-8-18(16)14-20;1-2-8-15(9-3-1)17-16-11-10-13-6-4-5-7-14(13)12-16;1-3-7-11(8-4-1)13-12-9-5-2-6-10-12/h1-16,23H;1-14,21H;1-12,17H;1-10,13H. The summed E-state index contributed by atoms with van der Waals surface area (Å²) >= 11 is 0. The lowest BCUT2D eigenvalue weighted by atomic mass is 10.1. The molecule has 0 fully saturated rings. The maximum Gasteiger partial charge on any atom is 0.0390 e. The quantitative estimate of drug-likeness (QED) is 0.116. The highest BCUT2D eigenvalue weighted by Crippen LogP contribution is 2.28. The Hall–Kier alpha value is -9.90. The van der Waals surface area contributed by atoms with Crippen LogP contribution in [-0.2, 0) is 0 Å². The van der Waals surface area contributed by atoms with Gasteiger partial charge in [-0.2, -0.15) is 0 Å². The van der Waals surface area contributed by atoms with Crippen LogP contribution in [0.4, 0.5) is 45.5 Å². The molecule has 13 aromatic rings. The molecule has 0 radical (unpaired) electrons. The lowest BCUT2D eigenvalue weighted by Crippen LogP contribution is -1.90. The molecular formula is C70H56N4. The largest absolute Gasteiger partial charge is 0.356 e. The predicted octanol–water partition coefficient (Wildman–Crippen LogP) is 20.0. The third-order valence-electron chi connectivity index (χ3n) is 12.5. The van der Waals surface area contributed by atoms with Crippen molar-refractivity contribution in [3.05, 3.63) is 315 Å². The highest BCUT2D eigenvalue weighted by Gasteiger charge is 2.02. The van der Waals surface area contributed by atoms with Crippen molar-refractivity contribution in [1.29, 1.82) is 0 Å². The van der Waals surface area contributed by atoms with Gasteiger partial charge < -0.3 is 21.3 Å². The number of hydrogen-bond donors (Lipinski definition) is 4. The van der Waals surface area contributed by atoms with Gasteiger partial charge in [0.2, 0.25) is 0 Å². The van der Waals surface area contributed by atoms with E-state index in [0.29, 0.717) is 0 Å². The maximum atomic E-state index is 3.49. The molecule has 0 aromatic heterocycles. The molecule has 74 heavy (non-hydrogen) atoms. The van der Waals surface area contributed by atoms with Crippen molar-refractivity contribution in [2.75, 3.05) is 21.3 Å². The Labute approximate surface area is 434 Å². The van der Waals surface area contributed by atoms with Gasteiger partial charge in [0.1, 0.15) is 0 Å². The normalized spacial score (nSPS) is 10.4. The average molecular weight is 953 g/mol. The Morgan fingerprint density at radius 1 is 0.135 bits per heavy atom. The molecule has 4 nitrogen and oxygen atoms in total. The van der Waals surface area contributed by atoms with Gasteiger partial charge in [-0.1, -0.05) is 218 Å². The van der Waals surface area contributed by atoms with E-state index in [0.717, 1.165) is 45.5 Å². The molecule has 0 saturated carbocycles. The van der Waals surface area contributed by atoms with Crippen molar-refractivity contribution in [3.8, 4) is 11.1 Å². The van der Waals surface area contributed by atoms with Crippen LogP contribution < -0.4 is 21.3 Å². The van der Waals surface area contributed by atoms with Gasteiger partial charge in [0.25, 0.3) is 0 Å². The van der Waals surface area contributed by atoms with Crippen molar-refractivity contribution >= 4 is 88.6 Å². The van der Waals surface area contributed by atoms with Crippen LogP contribution >= 0.6 is 0 Å². The Balaban J connectivity index is 0.000000115. The highest BCUT2D eigenvalue weighted by molar-refractivity contribution is 5.90. The predicted molar refractivity (Wildman–Crippen MR) is 320 cm³/mol. The molecule has 0 amide bonds. The summed E-state index contributed by atoms with van der Waals surface area (Å²) in [5, 5.41) is 23.7. The summed E-state index contributed by atoms with van der Waals surface area (Å²) < 4.78 is 0. The number of anilines is 8. The molecule has 4 N–H and O–H groups in total. The zero-order valence-electron chi connectivity index (χ0n) is 41.0. The molecule has 0 spiro atoms. The molecule has 0 bridgehead atoms. The minimum atomic E-state index is 1.10. The van der Waals surface area contributed by atoms with Gasteiger partial charge in [-0.3, -0.25) is 0 Å². The summed E-state index contributed by atoms with van der Waals surface area (Å²) in [7, 11) is 0. The van der Waals surface area contributed by atoms with Crippen LogP contribution in [-0.4, -0.2) is 0 Å². The van der Waals surface area contributed by atoms with Crippen molar-refractivity contribution in [1.82, 2.24) is 0 Å². The van der Waals surface area contributed by atoms with Gasteiger partial charge in [0, 0.05) is 45.5 Å². The van der Waals surface area contributed by atoms with Crippen molar-refractivity contribution in [3.63, 3.8) is 0 Å². The fraction of sp³-hybridized carbons (Fsp3) is 0. The van der Waals surface area contributed by atoms with E-state index in [1.165, 1.54) is 54.2 Å². The number of para-hydroxylation sites is 3. The Bertz CT molecular complexity index is 3710. The van der Waals surface area contributed by atoms with Crippen LogP contribution in [0.5, 0.6) is 0 Å². The van der Waals surface area contributed by atoms with Crippen LogP contribution in [0, 0.1) is 0 Å². The molecule has 0 atom stereocenters. The third-order valence-corrected chi connectivity index (χ3v) is 12.5. The number of rotatable bonds is 9. The van der Waals surface area contributed by atoms with E-state index >= 15 is 0 Å². The van der Waals surface area contributed by atoms with E-state index in [9.17, 15) is 0 Å². The average Bonchev–Trinajstić information content (AvgIpc) is 3.47. The number of nitrogens with one attached hydrogen (secondary N) is 4. The summed E-state index contributed by atoms with van der Waals surface area (Å²) in [6.07, 6.45) is 0. The molecular weight excluding hydrogens is 897 g/mol. The molecule has 356 valence electrons. The minimum absolute atomic E-state index is 1.10. The van der Waals surface area contributed by atoms with Gasteiger partial charge in [-0.15, -0.1) is 0 Å². The first kappa shape index (κ1) is 47.8. The highest BCUT2D eigenvalue weighted by atomic mass is 14.9. The van der Waals surface area contributed by atoms with E-state index in [1.807, 2.05) is 84.9 Å². The maximum absolute atomic E-state index is 3.49. The topological polar surface area (TPSA) is 48.1 Å². The second-order valence-electron chi connectivity index (χ2n) is 17.8. The molecule has 0 unspecified atom stereocenters. The fourth-order valence-corrected chi connectivity index (χ4v) is 8.68. The van der Waals surface area contributed by atoms with Crippen molar-refractivity contribution in [2.24, 2.45) is 0 Å². The monoisotopic (exact) mass is 952 g/mol. The van der Waals surface area contributed by atoms with Gasteiger partial charge in [0.05, 0.1) is 0 Å². The van der Waals surface area contributed by atoms with E-state index in [2.05, 4.69) is 252 Å². The molecule has 0 saturated heterocycles. The molecule has 0 aliphatic heterocycles. The summed E-state index contributed by atoms with van der Waals surface area (Å²) in [5.41, 5.74) is 11.4. The lowest BCUT2D eigenvalue weighted by molar-refractivity contribution is 1.55. The van der Waals surface area contributed by atoms with Crippen molar-refractivity contribution in [2.45, 2.75) is 0 Å². The van der Waals surface area contributed by atoms with E-state index < -0.39 is 0 Å². The van der Waals surface area contributed by atoms with Crippen LogP contribution in [0.1, 0.15) is 0 Å². The first-order valence-electron chi connectivity index (χ1n) is 25.0. The molecule has 4 heteroatoms. The smallest absolute Gasteiger partial charge is 0.0390 e. The number of benzene rings is 13.